The third-order valence-corrected chi connectivity index (χ3v) is 8.47. The van der Waals surface area contributed by atoms with Crippen LogP contribution in [-0.4, -0.2) is 72.8 Å². The normalized spacial score (nSPS) is 19.8. The summed E-state index contributed by atoms with van der Waals surface area (Å²) >= 11 is 5.77. The molecule has 172 valence electrons. The lowest BCUT2D eigenvalue weighted by atomic mass is 10.1. The molecule has 0 spiro atoms. The van der Waals surface area contributed by atoms with Gasteiger partial charge in [-0.05, 0) is 30.7 Å². The van der Waals surface area contributed by atoms with Gasteiger partial charge in [0.25, 0.3) is 0 Å². The highest BCUT2D eigenvalue weighted by atomic mass is 35.5. The van der Waals surface area contributed by atoms with Crippen LogP contribution in [0.4, 0.5) is 5.69 Å². The van der Waals surface area contributed by atoms with Crippen molar-refractivity contribution in [1.29, 1.82) is 0 Å². The number of aromatic nitrogens is 2. The van der Waals surface area contributed by atoms with Crippen LogP contribution in [0.15, 0.2) is 59.8 Å². The number of benzene rings is 1. The molecule has 0 bridgehead atoms. The molecule has 4 heterocycles. The monoisotopic (exact) mass is 485 g/mol. The molecule has 2 saturated heterocycles. The lowest BCUT2D eigenvalue weighted by Crippen LogP contribution is -2.50. The molecule has 1 aromatic carbocycles. The van der Waals surface area contributed by atoms with E-state index in [1.165, 1.54) is 22.6 Å². The number of para-hydroxylation sites is 1. The summed E-state index contributed by atoms with van der Waals surface area (Å²) in [6.07, 6.45) is 3.60. The van der Waals surface area contributed by atoms with Gasteiger partial charge in [0.15, 0.2) is 0 Å². The van der Waals surface area contributed by atoms with Crippen molar-refractivity contribution in [1.82, 2.24) is 19.2 Å². The van der Waals surface area contributed by atoms with Gasteiger partial charge in [-0.3, -0.25) is 9.78 Å². The lowest BCUT2D eigenvalue weighted by molar-refractivity contribution is -0.135. The Morgan fingerprint density at radius 2 is 1.76 bits per heavy atom. The summed E-state index contributed by atoms with van der Waals surface area (Å²) in [6.45, 7) is 3.19. The second-order valence-corrected chi connectivity index (χ2v) is 10.7. The summed E-state index contributed by atoms with van der Waals surface area (Å²) in [5, 5.41) is 1.34. The average molecular weight is 486 g/mol. The summed E-state index contributed by atoms with van der Waals surface area (Å²) < 4.78 is 27.2. The summed E-state index contributed by atoms with van der Waals surface area (Å²) in [5.41, 5.74) is 2.08. The quantitative estimate of drug-likeness (QED) is 0.528. The van der Waals surface area contributed by atoms with Crippen molar-refractivity contribution in [2.45, 2.75) is 11.3 Å². The van der Waals surface area contributed by atoms with E-state index in [9.17, 15) is 13.2 Å². The Morgan fingerprint density at radius 3 is 2.52 bits per heavy atom. The Labute approximate surface area is 197 Å². The predicted molar refractivity (Wildman–Crippen MR) is 127 cm³/mol. The molecule has 5 rings (SSSR count). The average Bonchev–Trinajstić information content (AvgIpc) is 3.35. The highest BCUT2D eigenvalue weighted by molar-refractivity contribution is 7.89. The molecule has 8 nitrogen and oxygen atoms in total. The lowest BCUT2D eigenvalue weighted by Gasteiger charge is -2.37. The molecule has 2 aromatic heterocycles. The van der Waals surface area contributed by atoms with Crippen LogP contribution in [0.3, 0.4) is 0 Å². The van der Waals surface area contributed by atoms with E-state index in [0.717, 1.165) is 29.7 Å². The Kier molecular flexibility index (Phi) is 5.94. The third kappa shape index (κ3) is 4.28. The van der Waals surface area contributed by atoms with Crippen molar-refractivity contribution >= 4 is 44.1 Å². The predicted octanol–water partition coefficient (Wildman–Crippen LogP) is 2.64. The first-order valence-corrected chi connectivity index (χ1v) is 12.7. The van der Waals surface area contributed by atoms with Crippen LogP contribution >= 0.6 is 11.6 Å². The molecule has 0 saturated carbocycles. The second kappa shape index (κ2) is 8.89. The van der Waals surface area contributed by atoms with Gasteiger partial charge in [-0.2, -0.15) is 4.31 Å². The molecule has 0 aliphatic carbocycles. The number of piperazine rings is 1. The Balaban J connectivity index is 1.22. The van der Waals surface area contributed by atoms with E-state index in [0.29, 0.717) is 26.1 Å². The third-order valence-electron chi connectivity index (χ3n) is 6.40. The first-order chi connectivity index (χ1) is 15.9. The van der Waals surface area contributed by atoms with Crippen LogP contribution in [0.1, 0.15) is 6.42 Å². The number of carbonyl (C=O) groups is 1. The molecule has 1 unspecified atom stereocenters. The topological polar surface area (TPSA) is 86.7 Å². The van der Waals surface area contributed by atoms with E-state index < -0.39 is 10.0 Å². The van der Waals surface area contributed by atoms with Gasteiger partial charge < -0.3 is 9.80 Å². The van der Waals surface area contributed by atoms with Crippen LogP contribution in [0.2, 0.25) is 5.15 Å². The van der Waals surface area contributed by atoms with Gasteiger partial charge in [-0.25, -0.2) is 13.4 Å². The first-order valence-electron chi connectivity index (χ1n) is 10.9. The van der Waals surface area contributed by atoms with Gasteiger partial charge in [0.1, 0.15) is 10.0 Å². The van der Waals surface area contributed by atoms with Crippen LogP contribution in [0.25, 0.3) is 10.9 Å². The van der Waals surface area contributed by atoms with Gasteiger partial charge >= 0.3 is 0 Å². The van der Waals surface area contributed by atoms with E-state index >= 15 is 0 Å². The van der Waals surface area contributed by atoms with Gasteiger partial charge in [0.05, 0.1) is 11.4 Å². The van der Waals surface area contributed by atoms with E-state index in [-0.39, 0.29) is 28.4 Å². The summed E-state index contributed by atoms with van der Waals surface area (Å²) in [7, 11) is -3.69. The molecule has 3 aromatic rings. The summed E-state index contributed by atoms with van der Waals surface area (Å²) in [5.74, 6) is -0.297. The number of anilines is 1. The number of sulfonamides is 1. The fourth-order valence-corrected chi connectivity index (χ4v) is 6.15. The number of hydrogen-bond donors (Lipinski definition) is 0. The minimum Gasteiger partial charge on any atom is -0.367 e. The number of pyridine rings is 2. The number of halogens is 1. The molecule has 0 radical (unpaired) electrons. The number of amides is 1. The summed E-state index contributed by atoms with van der Waals surface area (Å²) in [4.78, 5) is 25.7. The molecular weight excluding hydrogens is 462 g/mol. The molecular formula is C23H24ClN5O3S. The zero-order valence-electron chi connectivity index (χ0n) is 18.0. The largest absolute Gasteiger partial charge is 0.367 e. The van der Waals surface area contributed by atoms with E-state index in [4.69, 9.17) is 11.6 Å². The molecule has 1 amide bonds. The highest BCUT2D eigenvalue weighted by Gasteiger charge is 2.38. The van der Waals surface area contributed by atoms with Gasteiger partial charge in [0, 0.05) is 62.7 Å². The summed E-state index contributed by atoms with van der Waals surface area (Å²) in [6, 6.07) is 13.0. The first kappa shape index (κ1) is 22.1. The fourth-order valence-electron chi connectivity index (χ4n) is 4.59. The van der Waals surface area contributed by atoms with Crippen molar-refractivity contribution in [2.75, 3.05) is 44.2 Å². The van der Waals surface area contributed by atoms with Crippen molar-refractivity contribution in [3.63, 3.8) is 0 Å². The van der Waals surface area contributed by atoms with Crippen LogP contribution in [0.5, 0.6) is 0 Å². The minimum absolute atomic E-state index is 0.0289. The van der Waals surface area contributed by atoms with Gasteiger partial charge in [-0.1, -0.05) is 29.8 Å². The number of nitrogens with zero attached hydrogens (tertiary/aromatic N) is 5. The molecule has 2 aliphatic heterocycles. The smallest absolute Gasteiger partial charge is 0.244 e. The number of hydrogen-bond acceptors (Lipinski definition) is 6. The number of rotatable bonds is 4. The van der Waals surface area contributed by atoms with Crippen LogP contribution < -0.4 is 4.90 Å². The molecule has 2 fully saturated rings. The molecule has 1 atom stereocenters. The maximum Gasteiger partial charge on any atom is 0.244 e. The maximum atomic E-state index is 13.2. The van der Waals surface area contributed by atoms with Gasteiger partial charge in [-0.15, -0.1) is 0 Å². The molecule has 2 aliphatic rings. The Morgan fingerprint density at radius 1 is 0.970 bits per heavy atom. The fraction of sp³-hybridized carbons (Fsp3) is 0.348. The Bertz CT molecular complexity index is 1270. The van der Waals surface area contributed by atoms with Crippen molar-refractivity contribution < 1.29 is 13.2 Å². The molecule has 33 heavy (non-hydrogen) atoms. The van der Waals surface area contributed by atoms with E-state index in [1.807, 2.05) is 35.4 Å². The van der Waals surface area contributed by atoms with E-state index in [1.54, 1.807) is 0 Å². The van der Waals surface area contributed by atoms with Gasteiger partial charge in [0.2, 0.25) is 15.9 Å². The Hall–Kier alpha value is -2.75. The van der Waals surface area contributed by atoms with Crippen molar-refractivity contribution in [2.24, 2.45) is 5.92 Å². The maximum absolute atomic E-state index is 13.2. The van der Waals surface area contributed by atoms with E-state index in [2.05, 4.69) is 20.9 Å². The number of fused-ring (bicyclic) bond motifs is 1. The van der Waals surface area contributed by atoms with Crippen molar-refractivity contribution in [3.05, 3.63) is 60.0 Å². The van der Waals surface area contributed by atoms with Crippen LogP contribution in [-0.2, 0) is 14.8 Å². The highest BCUT2D eigenvalue weighted by Crippen LogP contribution is 2.28. The second-order valence-electron chi connectivity index (χ2n) is 8.32. The standard InChI is InChI=1S/C23H24ClN5O3S/c24-22-6-5-18(15-26-22)33(31,32)29-10-8-17(16-29)23(30)28-13-11-27(12-14-28)21-7-9-25-20-4-2-1-3-19(20)21/h1-7,9,15,17H,8,10-14,16H2. The SMILES string of the molecule is O=C(C1CCN(S(=O)(=O)c2ccc(Cl)nc2)C1)N1CCN(c2ccnc3ccccc23)CC1. The molecule has 10 heteroatoms. The minimum atomic E-state index is -3.69. The van der Waals surface area contributed by atoms with Crippen LogP contribution in [0, 0.1) is 5.92 Å². The number of carbonyl (C=O) groups excluding carboxylic acids is 1. The van der Waals surface area contributed by atoms with Crippen molar-refractivity contribution in [3.8, 4) is 0 Å². The zero-order chi connectivity index (χ0) is 23.0. The molecule has 0 N–H and O–H groups in total. The zero-order valence-corrected chi connectivity index (χ0v) is 19.5.